The molecule has 37 heavy (non-hydrogen) atoms. The lowest BCUT2D eigenvalue weighted by Crippen LogP contribution is -2.54. The predicted octanol–water partition coefficient (Wildman–Crippen LogP) is 6.36. The Labute approximate surface area is 219 Å². The molecule has 0 aliphatic carbocycles. The van der Waals surface area contributed by atoms with Crippen LogP contribution in [0.3, 0.4) is 0 Å². The number of rotatable bonds is 8. The zero-order valence-corrected chi connectivity index (χ0v) is 22.2. The van der Waals surface area contributed by atoms with Crippen LogP contribution in [0.5, 0.6) is 5.75 Å². The molecule has 0 N–H and O–H groups in total. The zero-order valence-electron chi connectivity index (χ0n) is 22.2. The fraction of sp³-hybridized carbons (Fsp3) is 0.312. The summed E-state index contributed by atoms with van der Waals surface area (Å²) < 4.78 is 10.8. The van der Waals surface area contributed by atoms with Crippen molar-refractivity contribution in [2.75, 3.05) is 26.3 Å². The van der Waals surface area contributed by atoms with Gasteiger partial charge in [0.05, 0.1) is 18.8 Å². The van der Waals surface area contributed by atoms with Crippen LogP contribution < -0.4 is 4.74 Å². The van der Waals surface area contributed by atoms with Gasteiger partial charge in [-0.3, -0.25) is 9.69 Å². The van der Waals surface area contributed by atoms with Gasteiger partial charge in [0, 0.05) is 24.2 Å². The first-order valence-corrected chi connectivity index (χ1v) is 12.8. The molecule has 192 valence electrons. The Hall–Kier alpha value is -3.54. The third kappa shape index (κ3) is 5.90. The van der Waals surface area contributed by atoms with Crippen molar-refractivity contribution in [3.63, 3.8) is 0 Å². The van der Waals surface area contributed by atoms with Crippen molar-refractivity contribution in [3.05, 3.63) is 90.0 Å². The maximum Gasteiger partial charge on any atom is 0.338 e. The number of hydrogen-bond acceptors (Lipinski definition) is 5. The molecule has 0 atom stereocenters. The normalized spacial score (nSPS) is 14.3. The highest BCUT2D eigenvalue weighted by Crippen LogP contribution is 2.31. The Bertz CT molecular complexity index is 1280. The van der Waals surface area contributed by atoms with Crippen LogP contribution in [-0.4, -0.2) is 48.5 Å². The summed E-state index contributed by atoms with van der Waals surface area (Å²) in [4.78, 5) is 27.3. The minimum absolute atomic E-state index is 0.128. The minimum atomic E-state index is -0.569. The van der Waals surface area contributed by atoms with Crippen LogP contribution in [0.4, 0.5) is 0 Å². The van der Waals surface area contributed by atoms with Crippen molar-refractivity contribution in [2.24, 2.45) is 0 Å². The monoisotopic (exact) mass is 497 g/mol. The molecule has 0 radical (unpaired) electrons. The Morgan fingerprint density at radius 2 is 1.51 bits per heavy atom. The van der Waals surface area contributed by atoms with Crippen LogP contribution in [0, 0.1) is 0 Å². The van der Waals surface area contributed by atoms with Gasteiger partial charge in [-0.15, -0.1) is 0 Å². The molecule has 0 bridgehead atoms. The Balaban J connectivity index is 1.52. The average Bonchev–Trinajstić information content (AvgIpc) is 2.93. The van der Waals surface area contributed by atoms with Gasteiger partial charge in [-0.2, -0.15) is 0 Å². The highest BCUT2D eigenvalue weighted by Gasteiger charge is 2.35. The summed E-state index contributed by atoms with van der Waals surface area (Å²) in [6, 6.07) is 21.9. The van der Waals surface area contributed by atoms with Gasteiger partial charge in [0.2, 0.25) is 0 Å². The fourth-order valence-electron chi connectivity index (χ4n) is 4.68. The van der Waals surface area contributed by atoms with Crippen molar-refractivity contribution in [2.45, 2.75) is 39.7 Å². The maximum atomic E-state index is 13.3. The van der Waals surface area contributed by atoms with E-state index in [1.807, 2.05) is 50.2 Å². The van der Waals surface area contributed by atoms with Crippen molar-refractivity contribution < 1.29 is 19.1 Å². The van der Waals surface area contributed by atoms with Crippen LogP contribution in [0.15, 0.2) is 78.9 Å². The summed E-state index contributed by atoms with van der Waals surface area (Å²) >= 11 is 0. The van der Waals surface area contributed by atoms with E-state index in [1.54, 1.807) is 19.1 Å². The van der Waals surface area contributed by atoms with E-state index >= 15 is 0 Å². The van der Waals surface area contributed by atoms with Gasteiger partial charge >= 0.3 is 5.97 Å². The lowest BCUT2D eigenvalue weighted by molar-refractivity contribution is -0.130. The molecule has 4 rings (SSSR count). The van der Waals surface area contributed by atoms with Crippen molar-refractivity contribution >= 4 is 11.8 Å². The molecule has 0 amide bonds. The molecule has 0 spiro atoms. The Morgan fingerprint density at radius 3 is 2.11 bits per heavy atom. The number of aryl methyl sites for hydroxylation is 1. The number of nitrogens with zero attached hydrogens (tertiary/aromatic N) is 1. The second-order valence-electron chi connectivity index (χ2n) is 9.98. The smallest absolute Gasteiger partial charge is 0.338 e. The molecule has 1 heterocycles. The van der Waals surface area contributed by atoms with Crippen molar-refractivity contribution in [3.8, 4) is 28.0 Å². The quantitative estimate of drug-likeness (QED) is 0.157. The lowest BCUT2D eigenvalue weighted by atomic mass is 9.89. The number of ether oxygens (including phenoxy) is 2. The van der Waals surface area contributed by atoms with Gasteiger partial charge in [0.15, 0.2) is 5.78 Å². The van der Waals surface area contributed by atoms with Gasteiger partial charge in [0.1, 0.15) is 5.75 Å². The van der Waals surface area contributed by atoms with Gasteiger partial charge in [-0.1, -0.05) is 68.1 Å². The molecule has 1 aliphatic rings. The molecule has 1 saturated heterocycles. The Morgan fingerprint density at radius 1 is 0.919 bits per heavy atom. The standard InChI is InChI=1S/C32H35NO4/c1-6-23-21-27(13-16-29(23)25-11-14-28(15-12-25)37-31(35)22(2)3)24-7-9-26(10-8-24)30(34)32(4,5)33-17-19-36-20-18-33/h7-16,21H,2,6,17-20H2,1,3-5H3. The molecule has 0 saturated carbocycles. The van der Waals surface area contributed by atoms with E-state index in [1.165, 1.54) is 5.56 Å². The van der Waals surface area contributed by atoms with E-state index in [0.717, 1.165) is 47.3 Å². The van der Waals surface area contributed by atoms with E-state index in [2.05, 4.69) is 36.6 Å². The molecule has 3 aromatic rings. The summed E-state index contributed by atoms with van der Waals surface area (Å²) in [5.74, 6) is 0.199. The van der Waals surface area contributed by atoms with Crippen molar-refractivity contribution in [1.29, 1.82) is 0 Å². The first-order chi connectivity index (χ1) is 17.7. The number of Topliss-reactive ketones (excluding diaryl/α,β-unsaturated/α-hetero) is 1. The molecule has 5 nitrogen and oxygen atoms in total. The van der Waals surface area contributed by atoms with Crippen LogP contribution in [0.25, 0.3) is 22.3 Å². The largest absolute Gasteiger partial charge is 0.423 e. The molecular formula is C32H35NO4. The van der Waals surface area contributed by atoms with Crippen LogP contribution in [-0.2, 0) is 16.0 Å². The highest BCUT2D eigenvalue weighted by atomic mass is 16.5. The molecule has 1 aliphatic heterocycles. The summed E-state index contributed by atoms with van der Waals surface area (Å²) in [5.41, 5.74) is 6.13. The van der Waals surface area contributed by atoms with Crippen LogP contribution >= 0.6 is 0 Å². The predicted molar refractivity (Wildman–Crippen MR) is 148 cm³/mol. The fourth-order valence-corrected chi connectivity index (χ4v) is 4.68. The number of benzene rings is 3. The molecule has 0 aromatic heterocycles. The first-order valence-electron chi connectivity index (χ1n) is 12.8. The highest BCUT2D eigenvalue weighted by molar-refractivity contribution is 6.03. The third-order valence-electron chi connectivity index (χ3n) is 7.05. The Kier molecular flexibility index (Phi) is 8.06. The number of morpholine rings is 1. The summed E-state index contributed by atoms with van der Waals surface area (Å²) in [7, 11) is 0. The third-order valence-corrected chi connectivity index (χ3v) is 7.05. The topological polar surface area (TPSA) is 55.8 Å². The average molecular weight is 498 g/mol. The number of carbonyl (C=O) groups is 2. The summed E-state index contributed by atoms with van der Waals surface area (Å²) in [6.45, 7) is 14.3. The van der Waals surface area contributed by atoms with Crippen LogP contribution in [0.1, 0.15) is 43.6 Å². The first kappa shape index (κ1) is 26.5. The van der Waals surface area contributed by atoms with E-state index in [-0.39, 0.29) is 5.78 Å². The van der Waals surface area contributed by atoms with Gasteiger partial charge < -0.3 is 9.47 Å². The van der Waals surface area contributed by atoms with E-state index < -0.39 is 11.5 Å². The van der Waals surface area contributed by atoms with Gasteiger partial charge in [0.25, 0.3) is 0 Å². The number of carbonyl (C=O) groups excluding carboxylic acids is 2. The number of hydrogen-bond donors (Lipinski definition) is 0. The zero-order chi connectivity index (χ0) is 26.6. The SMILES string of the molecule is C=C(C)C(=O)Oc1ccc(-c2ccc(-c3ccc(C(=O)C(C)(C)N4CCOCC4)cc3)cc2CC)cc1. The number of ketones is 1. The van der Waals surface area contributed by atoms with E-state index in [0.29, 0.717) is 24.5 Å². The summed E-state index contributed by atoms with van der Waals surface area (Å²) in [5, 5.41) is 0. The van der Waals surface area contributed by atoms with E-state index in [4.69, 9.17) is 9.47 Å². The number of esters is 1. The van der Waals surface area contributed by atoms with Crippen molar-refractivity contribution in [1.82, 2.24) is 4.90 Å². The second kappa shape index (κ2) is 11.2. The minimum Gasteiger partial charge on any atom is -0.423 e. The molecule has 0 unspecified atom stereocenters. The molecule has 1 fully saturated rings. The molecule has 5 heteroatoms. The molecular weight excluding hydrogens is 462 g/mol. The van der Waals surface area contributed by atoms with E-state index in [9.17, 15) is 9.59 Å². The second-order valence-corrected chi connectivity index (χ2v) is 9.98. The lowest BCUT2D eigenvalue weighted by Gasteiger charge is -2.39. The maximum absolute atomic E-state index is 13.3. The van der Waals surface area contributed by atoms with Crippen LogP contribution in [0.2, 0.25) is 0 Å². The molecule has 3 aromatic carbocycles. The summed E-state index contributed by atoms with van der Waals surface area (Å²) in [6.07, 6.45) is 0.875. The van der Waals surface area contributed by atoms with Gasteiger partial charge in [-0.05, 0) is 67.1 Å². The van der Waals surface area contributed by atoms with Gasteiger partial charge in [-0.25, -0.2) is 4.79 Å².